The number of nitrogens with one attached hydrogen (secondary N) is 1. The first kappa shape index (κ1) is 25.9. The van der Waals surface area contributed by atoms with Gasteiger partial charge in [-0.25, -0.2) is 9.18 Å². The predicted molar refractivity (Wildman–Crippen MR) is 142 cm³/mol. The second-order valence-electron chi connectivity index (χ2n) is 9.32. The Hall–Kier alpha value is -3.76. The third-order valence-corrected chi connectivity index (χ3v) is 7.82. The third kappa shape index (κ3) is 5.56. The monoisotopic (exact) mass is 536 g/mol. The molecule has 0 unspecified atom stereocenters. The maximum absolute atomic E-state index is 13.9. The van der Waals surface area contributed by atoms with E-state index in [-0.39, 0.29) is 18.4 Å². The minimum atomic E-state index is -0.898. The lowest BCUT2D eigenvalue weighted by Crippen LogP contribution is -2.54. The van der Waals surface area contributed by atoms with Crippen LogP contribution in [0, 0.1) is 5.82 Å². The highest BCUT2D eigenvalue weighted by Gasteiger charge is 2.48. The van der Waals surface area contributed by atoms with E-state index in [1.807, 2.05) is 11.4 Å². The van der Waals surface area contributed by atoms with Gasteiger partial charge in [0.2, 0.25) is 5.91 Å². The van der Waals surface area contributed by atoms with Crippen molar-refractivity contribution in [1.82, 2.24) is 14.7 Å². The van der Waals surface area contributed by atoms with Gasteiger partial charge in [0.05, 0.1) is 11.4 Å². The molecule has 10 heteroatoms. The summed E-state index contributed by atoms with van der Waals surface area (Å²) in [5, 5.41) is 4.69. The molecule has 2 aliphatic rings. The number of ether oxygens (including phenoxy) is 1. The number of halogens is 1. The summed E-state index contributed by atoms with van der Waals surface area (Å²) in [4.78, 5) is 45.3. The largest absolute Gasteiger partial charge is 0.438 e. The predicted octanol–water partition coefficient (Wildman–Crippen LogP) is 4.37. The third-order valence-electron chi connectivity index (χ3n) is 6.95. The van der Waals surface area contributed by atoms with Gasteiger partial charge in [-0.05, 0) is 53.4 Å². The average molecular weight is 537 g/mol. The molecule has 1 aromatic heterocycles. The van der Waals surface area contributed by atoms with Crippen LogP contribution in [0.25, 0.3) is 0 Å². The number of rotatable bonds is 7. The lowest BCUT2D eigenvalue weighted by molar-refractivity contribution is -0.138. The van der Waals surface area contributed by atoms with E-state index in [1.165, 1.54) is 28.4 Å². The number of amides is 3. The maximum Gasteiger partial charge on any atom is 0.411 e. The van der Waals surface area contributed by atoms with Gasteiger partial charge in [0.15, 0.2) is 12.1 Å². The zero-order valence-electron chi connectivity index (χ0n) is 21.0. The molecule has 198 valence electrons. The van der Waals surface area contributed by atoms with E-state index < -0.39 is 24.1 Å². The molecule has 3 amide bonds. The van der Waals surface area contributed by atoms with E-state index in [2.05, 4.69) is 17.1 Å². The molecule has 0 spiro atoms. The normalized spacial score (nSPS) is 19.9. The molecule has 8 nitrogen and oxygen atoms in total. The molecule has 2 aliphatic heterocycles. The second-order valence-corrected chi connectivity index (χ2v) is 10.3. The van der Waals surface area contributed by atoms with Gasteiger partial charge in [-0.15, -0.1) is 11.3 Å². The minimum Gasteiger partial charge on any atom is -0.438 e. The van der Waals surface area contributed by atoms with Crippen molar-refractivity contribution in [2.45, 2.75) is 25.6 Å². The summed E-state index contributed by atoms with van der Waals surface area (Å²) in [7, 11) is 0. The summed E-state index contributed by atoms with van der Waals surface area (Å²) in [6.07, 6.45) is -1.46. The number of hydrogen-bond donors (Lipinski definition) is 1. The quantitative estimate of drug-likeness (QED) is 0.485. The van der Waals surface area contributed by atoms with Gasteiger partial charge in [0.1, 0.15) is 5.82 Å². The van der Waals surface area contributed by atoms with Crippen LogP contribution in [0.5, 0.6) is 0 Å². The van der Waals surface area contributed by atoms with E-state index in [1.54, 1.807) is 47.4 Å². The van der Waals surface area contributed by atoms with Crippen LogP contribution in [-0.4, -0.2) is 71.4 Å². The van der Waals surface area contributed by atoms with Crippen LogP contribution in [0.2, 0.25) is 0 Å². The van der Waals surface area contributed by atoms with Crippen molar-refractivity contribution >= 4 is 34.9 Å². The van der Waals surface area contributed by atoms with Crippen LogP contribution in [0.1, 0.15) is 33.8 Å². The van der Waals surface area contributed by atoms with E-state index in [0.29, 0.717) is 34.8 Å². The summed E-state index contributed by atoms with van der Waals surface area (Å²) < 4.78 is 19.6. The number of piperazine rings is 1. The number of carbonyl (C=O) groups excluding carboxylic acids is 3. The van der Waals surface area contributed by atoms with Gasteiger partial charge >= 0.3 is 6.09 Å². The molecule has 2 atom stereocenters. The van der Waals surface area contributed by atoms with E-state index >= 15 is 0 Å². The Morgan fingerprint density at radius 2 is 1.82 bits per heavy atom. The molecule has 3 heterocycles. The first-order chi connectivity index (χ1) is 18.4. The topological polar surface area (TPSA) is 82.2 Å². The number of cyclic esters (lactones) is 1. The Bertz CT molecular complexity index is 1290. The van der Waals surface area contributed by atoms with E-state index in [4.69, 9.17) is 4.74 Å². The highest BCUT2D eigenvalue weighted by atomic mass is 32.1. The molecule has 0 radical (unpaired) electrons. The fraction of sp³-hybridized carbons (Fsp3) is 0.321. The highest BCUT2D eigenvalue weighted by molar-refractivity contribution is 7.12. The number of thiophene rings is 1. The zero-order chi connectivity index (χ0) is 26.6. The Kier molecular flexibility index (Phi) is 7.71. The standard InChI is InChI=1S/C28H29FN4O4S/c1-2-31-12-14-32(15-13-31)27(35)24-25(37-28(36)33(24)18-19-5-3-6-21(29)17-19)20-8-10-22(11-9-20)30-26(34)23-7-4-16-38-23/h3-11,16-17,24-25H,2,12-15,18H2,1H3,(H,30,34)/t24-,25-/m1/s1. The first-order valence-electron chi connectivity index (χ1n) is 12.6. The summed E-state index contributed by atoms with van der Waals surface area (Å²) in [6.45, 7) is 5.69. The molecular weight excluding hydrogens is 507 g/mol. The van der Waals surface area contributed by atoms with Crippen LogP contribution in [0.15, 0.2) is 66.0 Å². The molecule has 0 bridgehead atoms. The smallest absolute Gasteiger partial charge is 0.411 e. The summed E-state index contributed by atoms with van der Waals surface area (Å²) in [5.74, 6) is -0.811. The summed E-state index contributed by atoms with van der Waals surface area (Å²) in [6, 6.07) is 15.6. The van der Waals surface area contributed by atoms with Gasteiger partial charge in [-0.2, -0.15) is 0 Å². The zero-order valence-corrected chi connectivity index (χ0v) is 21.8. The van der Waals surface area contributed by atoms with Crippen LogP contribution in [0.3, 0.4) is 0 Å². The van der Waals surface area contributed by atoms with Crippen LogP contribution >= 0.6 is 11.3 Å². The molecule has 2 fully saturated rings. The average Bonchev–Trinajstić information content (AvgIpc) is 3.58. The van der Waals surface area contributed by atoms with Gasteiger partial charge < -0.3 is 19.9 Å². The fourth-order valence-corrected chi connectivity index (χ4v) is 5.47. The number of nitrogens with zero attached hydrogens (tertiary/aromatic N) is 3. The molecule has 3 aromatic rings. The SMILES string of the molecule is CCN1CCN(C(=O)[C@H]2[C@@H](c3ccc(NC(=O)c4cccs4)cc3)OC(=O)N2Cc2cccc(F)c2)CC1. The molecule has 0 saturated carbocycles. The number of anilines is 1. The molecule has 38 heavy (non-hydrogen) atoms. The van der Waals surface area contributed by atoms with Gasteiger partial charge in [-0.1, -0.05) is 37.3 Å². The van der Waals surface area contributed by atoms with Crippen molar-refractivity contribution in [2.75, 3.05) is 38.0 Å². The first-order valence-corrected chi connectivity index (χ1v) is 13.5. The van der Waals surface area contributed by atoms with Crippen LogP contribution in [-0.2, 0) is 16.1 Å². The number of carbonyl (C=O) groups is 3. The number of hydrogen-bond acceptors (Lipinski definition) is 6. The summed E-state index contributed by atoms with van der Waals surface area (Å²) in [5.41, 5.74) is 1.80. The lowest BCUT2D eigenvalue weighted by Gasteiger charge is -2.37. The Labute approximate surface area is 224 Å². The van der Waals surface area contributed by atoms with Crippen molar-refractivity contribution in [1.29, 1.82) is 0 Å². The Morgan fingerprint density at radius 1 is 1.05 bits per heavy atom. The molecule has 2 saturated heterocycles. The minimum absolute atomic E-state index is 0.0490. The summed E-state index contributed by atoms with van der Waals surface area (Å²) >= 11 is 1.35. The van der Waals surface area contributed by atoms with Crippen LogP contribution in [0.4, 0.5) is 14.9 Å². The van der Waals surface area contributed by atoms with Crippen molar-refractivity contribution in [3.05, 3.63) is 87.9 Å². The highest BCUT2D eigenvalue weighted by Crippen LogP contribution is 2.35. The Morgan fingerprint density at radius 3 is 2.47 bits per heavy atom. The maximum atomic E-state index is 13.9. The molecule has 5 rings (SSSR count). The van der Waals surface area contributed by atoms with E-state index in [9.17, 15) is 18.8 Å². The van der Waals surface area contributed by atoms with Gasteiger partial charge in [0.25, 0.3) is 5.91 Å². The second kappa shape index (κ2) is 11.3. The van der Waals surface area contributed by atoms with Crippen molar-refractivity contribution in [3.8, 4) is 0 Å². The molecular formula is C28H29FN4O4S. The lowest BCUT2D eigenvalue weighted by atomic mass is 9.99. The van der Waals surface area contributed by atoms with Crippen molar-refractivity contribution < 1.29 is 23.5 Å². The van der Waals surface area contributed by atoms with Crippen molar-refractivity contribution in [2.24, 2.45) is 0 Å². The van der Waals surface area contributed by atoms with E-state index in [0.717, 1.165) is 19.6 Å². The number of likely N-dealkylation sites (N-methyl/N-ethyl adjacent to an activating group) is 1. The van der Waals surface area contributed by atoms with Gasteiger partial charge in [-0.3, -0.25) is 14.5 Å². The fourth-order valence-electron chi connectivity index (χ4n) is 4.85. The Balaban J connectivity index is 1.39. The molecule has 1 N–H and O–H groups in total. The molecule has 0 aliphatic carbocycles. The van der Waals surface area contributed by atoms with Gasteiger partial charge in [0, 0.05) is 31.9 Å². The molecule has 2 aromatic carbocycles. The van der Waals surface area contributed by atoms with Crippen LogP contribution < -0.4 is 5.32 Å². The van der Waals surface area contributed by atoms with Crippen molar-refractivity contribution in [3.63, 3.8) is 0 Å². The number of benzene rings is 2.